The van der Waals surface area contributed by atoms with Crippen molar-refractivity contribution in [1.82, 2.24) is 0 Å². The normalized spacial score (nSPS) is 16.3. The third kappa shape index (κ3) is 2.47. The van der Waals surface area contributed by atoms with Gasteiger partial charge < -0.3 is 4.74 Å². The van der Waals surface area contributed by atoms with Gasteiger partial charge >= 0.3 is 5.97 Å². The van der Waals surface area contributed by atoms with Crippen molar-refractivity contribution in [1.29, 1.82) is 0 Å². The summed E-state index contributed by atoms with van der Waals surface area (Å²) in [5, 5.41) is 0. The molecule has 0 saturated carbocycles. The summed E-state index contributed by atoms with van der Waals surface area (Å²) < 4.78 is 5.29. The van der Waals surface area contributed by atoms with Gasteiger partial charge in [0.2, 0.25) is 0 Å². The van der Waals surface area contributed by atoms with Gasteiger partial charge in [0.1, 0.15) is 5.76 Å². The van der Waals surface area contributed by atoms with Crippen LogP contribution >= 0.6 is 0 Å². The molecule has 3 rings (SSSR count). The fraction of sp³-hybridized carbons (Fsp3) is 0. The van der Waals surface area contributed by atoms with Crippen LogP contribution in [-0.2, 0) is 9.53 Å². The highest BCUT2D eigenvalue weighted by atomic mass is 16.5. The van der Waals surface area contributed by atoms with Gasteiger partial charge in [-0.05, 0) is 17.7 Å². The summed E-state index contributed by atoms with van der Waals surface area (Å²) in [7, 11) is 0. The highest BCUT2D eigenvalue weighted by molar-refractivity contribution is 6.05. The molecule has 0 atom stereocenters. The van der Waals surface area contributed by atoms with E-state index in [2.05, 4.69) is 0 Å². The Morgan fingerprint density at radius 2 is 1.47 bits per heavy atom. The van der Waals surface area contributed by atoms with Crippen LogP contribution in [0.15, 0.2) is 72.3 Å². The molecule has 1 aliphatic rings. The van der Waals surface area contributed by atoms with Gasteiger partial charge in [-0.25, -0.2) is 4.79 Å². The molecular formula is C17H12O2. The zero-order valence-electron chi connectivity index (χ0n) is 10.2. The number of benzene rings is 2. The molecule has 0 bridgehead atoms. The molecule has 0 unspecified atom stereocenters. The molecule has 0 N–H and O–H groups in total. The molecule has 2 heteroatoms. The minimum absolute atomic E-state index is 0.303. The second-order valence-corrected chi connectivity index (χ2v) is 4.27. The van der Waals surface area contributed by atoms with Gasteiger partial charge in [-0.3, -0.25) is 0 Å². The zero-order valence-corrected chi connectivity index (χ0v) is 10.2. The van der Waals surface area contributed by atoms with Crippen molar-refractivity contribution in [3.8, 4) is 0 Å². The molecule has 0 amide bonds. The lowest BCUT2D eigenvalue weighted by molar-refractivity contribution is -0.130. The Hall–Kier alpha value is -2.61. The standard InChI is InChI=1S/C17H12O2/c18-17-15(11-13-7-3-1-4-8-13)12-16(19-17)14-9-5-2-6-10-14/h1-12H. The summed E-state index contributed by atoms with van der Waals surface area (Å²) in [6.07, 6.45) is 3.61. The van der Waals surface area contributed by atoms with E-state index in [1.807, 2.05) is 66.7 Å². The van der Waals surface area contributed by atoms with Crippen LogP contribution in [-0.4, -0.2) is 5.97 Å². The van der Waals surface area contributed by atoms with Crippen LogP contribution in [0.25, 0.3) is 11.8 Å². The minimum atomic E-state index is -0.303. The van der Waals surface area contributed by atoms with E-state index < -0.39 is 0 Å². The van der Waals surface area contributed by atoms with Gasteiger partial charge in [-0.1, -0.05) is 60.7 Å². The lowest BCUT2D eigenvalue weighted by Gasteiger charge is -1.99. The van der Waals surface area contributed by atoms with Crippen molar-refractivity contribution in [3.05, 3.63) is 83.4 Å². The number of rotatable bonds is 2. The van der Waals surface area contributed by atoms with E-state index in [4.69, 9.17) is 4.74 Å². The number of ether oxygens (including phenoxy) is 1. The second-order valence-electron chi connectivity index (χ2n) is 4.27. The van der Waals surface area contributed by atoms with Crippen molar-refractivity contribution in [2.45, 2.75) is 0 Å². The maximum atomic E-state index is 11.8. The monoisotopic (exact) mass is 248 g/mol. The summed E-state index contributed by atoms with van der Waals surface area (Å²) >= 11 is 0. The highest BCUT2D eigenvalue weighted by Gasteiger charge is 2.21. The molecule has 1 heterocycles. The average Bonchev–Trinajstić information content (AvgIpc) is 2.82. The van der Waals surface area contributed by atoms with Gasteiger partial charge in [0.15, 0.2) is 0 Å². The van der Waals surface area contributed by atoms with E-state index in [-0.39, 0.29) is 5.97 Å². The molecule has 2 aromatic rings. The summed E-state index contributed by atoms with van der Waals surface area (Å²) in [6.45, 7) is 0. The van der Waals surface area contributed by atoms with E-state index >= 15 is 0 Å². The van der Waals surface area contributed by atoms with Gasteiger partial charge in [-0.2, -0.15) is 0 Å². The lowest BCUT2D eigenvalue weighted by Crippen LogP contribution is -1.96. The first-order valence-corrected chi connectivity index (χ1v) is 6.09. The first-order valence-electron chi connectivity index (χ1n) is 6.09. The number of hydrogen-bond acceptors (Lipinski definition) is 2. The van der Waals surface area contributed by atoms with Crippen LogP contribution in [0.5, 0.6) is 0 Å². The molecule has 0 saturated heterocycles. The van der Waals surface area contributed by atoms with Gasteiger partial charge in [0.25, 0.3) is 0 Å². The first-order chi connectivity index (χ1) is 9.33. The van der Waals surface area contributed by atoms with Gasteiger partial charge in [0.05, 0.1) is 5.57 Å². The van der Waals surface area contributed by atoms with Crippen LogP contribution in [0, 0.1) is 0 Å². The molecule has 0 spiro atoms. The predicted octanol–water partition coefficient (Wildman–Crippen LogP) is 3.67. The SMILES string of the molecule is O=C1OC(c2ccccc2)=CC1=Cc1ccccc1. The first kappa shape index (κ1) is 11.5. The Labute approximate surface area is 111 Å². The minimum Gasteiger partial charge on any atom is -0.422 e. The van der Waals surface area contributed by atoms with Crippen molar-refractivity contribution >= 4 is 17.8 Å². The highest BCUT2D eigenvalue weighted by Crippen LogP contribution is 2.27. The van der Waals surface area contributed by atoms with Crippen molar-refractivity contribution in [2.75, 3.05) is 0 Å². The number of carbonyl (C=O) groups excluding carboxylic acids is 1. The lowest BCUT2D eigenvalue weighted by atomic mass is 10.1. The number of esters is 1. The van der Waals surface area contributed by atoms with Crippen LogP contribution < -0.4 is 0 Å². The fourth-order valence-electron chi connectivity index (χ4n) is 1.96. The summed E-state index contributed by atoms with van der Waals surface area (Å²) in [4.78, 5) is 11.8. The van der Waals surface area contributed by atoms with Crippen LogP contribution in [0.1, 0.15) is 11.1 Å². The molecule has 2 aromatic carbocycles. The van der Waals surface area contributed by atoms with Crippen LogP contribution in [0.2, 0.25) is 0 Å². The number of hydrogen-bond donors (Lipinski definition) is 0. The van der Waals surface area contributed by atoms with E-state index in [1.165, 1.54) is 0 Å². The molecular weight excluding hydrogens is 236 g/mol. The molecule has 0 aromatic heterocycles. The fourth-order valence-corrected chi connectivity index (χ4v) is 1.96. The molecule has 2 nitrogen and oxygen atoms in total. The van der Waals surface area contributed by atoms with E-state index in [1.54, 1.807) is 6.08 Å². The van der Waals surface area contributed by atoms with Crippen LogP contribution in [0.4, 0.5) is 0 Å². The maximum absolute atomic E-state index is 11.8. The molecule has 1 aliphatic heterocycles. The van der Waals surface area contributed by atoms with E-state index in [0.717, 1.165) is 11.1 Å². The molecule has 0 aliphatic carbocycles. The van der Waals surface area contributed by atoms with Gasteiger partial charge in [0, 0.05) is 5.56 Å². The number of cyclic esters (lactones) is 1. The zero-order chi connectivity index (χ0) is 13.1. The maximum Gasteiger partial charge on any atom is 0.343 e. The number of carbonyl (C=O) groups is 1. The molecule has 0 radical (unpaired) electrons. The molecule has 92 valence electrons. The second kappa shape index (κ2) is 4.94. The Balaban J connectivity index is 1.94. The Morgan fingerprint density at radius 1 is 0.842 bits per heavy atom. The van der Waals surface area contributed by atoms with E-state index in [0.29, 0.717) is 11.3 Å². The summed E-state index contributed by atoms with van der Waals surface area (Å²) in [5.41, 5.74) is 2.47. The largest absolute Gasteiger partial charge is 0.422 e. The summed E-state index contributed by atoms with van der Waals surface area (Å²) in [5.74, 6) is 0.301. The molecule has 0 fully saturated rings. The van der Waals surface area contributed by atoms with Gasteiger partial charge in [-0.15, -0.1) is 0 Å². The van der Waals surface area contributed by atoms with E-state index in [9.17, 15) is 4.79 Å². The third-order valence-corrected chi connectivity index (χ3v) is 2.91. The topological polar surface area (TPSA) is 26.3 Å². The molecule has 19 heavy (non-hydrogen) atoms. The third-order valence-electron chi connectivity index (χ3n) is 2.91. The Morgan fingerprint density at radius 3 is 2.16 bits per heavy atom. The quantitative estimate of drug-likeness (QED) is 0.598. The van der Waals surface area contributed by atoms with Crippen LogP contribution in [0.3, 0.4) is 0 Å². The van der Waals surface area contributed by atoms with Crippen molar-refractivity contribution < 1.29 is 9.53 Å². The average molecular weight is 248 g/mol. The summed E-state index contributed by atoms with van der Waals surface area (Å²) in [6, 6.07) is 19.3. The Kier molecular flexibility index (Phi) is 2.99. The predicted molar refractivity (Wildman–Crippen MR) is 74.9 cm³/mol. The van der Waals surface area contributed by atoms with Crippen molar-refractivity contribution in [3.63, 3.8) is 0 Å². The smallest absolute Gasteiger partial charge is 0.343 e. The van der Waals surface area contributed by atoms with Crippen molar-refractivity contribution in [2.24, 2.45) is 0 Å². The Bertz CT molecular complexity index is 652.